The zero-order valence-corrected chi connectivity index (χ0v) is 6.30. The van der Waals surface area contributed by atoms with Crippen LogP contribution in [0.4, 0.5) is 0 Å². The Bertz CT molecular complexity index is 159. The van der Waals surface area contributed by atoms with Gasteiger partial charge >= 0.3 is 0 Å². The number of hydrogen-bond donors (Lipinski definition) is 2. The average Bonchev–Trinajstić information content (AvgIpc) is 1.88. The fourth-order valence-electron chi connectivity index (χ4n) is 1.06. The van der Waals surface area contributed by atoms with Crippen LogP contribution in [0.2, 0.25) is 0 Å². The zero-order chi connectivity index (χ0) is 7.40. The van der Waals surface area contributed by atoms with Gasteiger partial charge in [0.15, 0.2) is 0 Å². The van der Waals surface area contributed by atoms with Gasteiger partial charge in [-0.15, -0.1) is 0 Å². The molecule has 1 aliphatic rings. The van der Waals surface area contributed by atoms with Crippen molar-refractivity contribution in [3.05, 3.63) is 23.9 Å². The Hall–Kier alpha value is -0.760. The van der Waals surface area contributed by atoms with E-state index in [1.54, 1.807) is 0 Å². The van der Waals surface area contributed by atoms with Gasteiger partial charge in [0, 0.05) is 0 Å². The number of allylic oxidation sites excluding steroid dienone is 2. The smallest absolute Gasteiger partial charge is 0.0936 e. The van der Waals surface area contributed by atoms with Crippen LogP contribution in [0.3, 0.4) is 0 Å². The molecule has 0 bridgehead atoms. The van der Waals surface area contributed by atoms with Crippen molar-refractivity contribution in [3.63, 3.8) is 0 Å². The van der Waals surface area contributed by atoms with Crippen LogP contribution >= 0.6 is 0 Å². The standard InChI is InChI=1S/C8H14N2/c1-2-3-7-4-5-10-8(9)6-7/h4-6,8,10H,2-3,9H2,1H3. The highest BCUT2D eigenvalue weighted by molar-refractivity contribution is 5.23. The minimum Gasteiger partial charge on any atom is -0.373 e. The second kappa shape index (κ2) is 3.42. The summed E-state index contributed by atoms with van der Waals surface area (Å²) in [5, 5.41) is 2.99. The summed E-state index contributed by atoms with van der Waals surface area (Å²) in [6.45, 7) is 2.17. The summed E-state index contributed by atoms with van der Waals surface area (Å²) >= 11 is 0. The molecule has 0 spiro atoms. The Labute approximate surface area is 61.8 Å². The molecule has 0 amide bonds. The average molecular weight is 138 g/mol. The number of hydrogen-bond acceptors (Lipinski definition) is 2. The lowest BCUT2D eigenvalue weighted by Crippen LogP contribution is -2.33. The number of rotatable bonds is 2. The molecule has 1 heterocycles. The second-order valence-corrected chi connectivity index (χ2v) is 2.52. The summed E-state index contributed by atoms with van der Waals surface area (Å²) in [4.78, 5) is 0. The van der Waals surface area contributed by atoms with Crippen LogP contribution in [-0.2, 0) is 0 Å². The Kier molecular flexibility index (Phi) is 2.51. The van der Waals surface area contributed by atoms with Gasteiger partial charge in [-0.2, -0.15) is 0 Å². The molecule has 0 saturated heterocycles. The van der Waals surface area contributed by atoms with E-state index in [4.69, 9.17) is 5.73 Å². The first-order valence-electron chi connectivity index (χ1n) is 3.72. The Balaban J connectivity index is 2.49. The largest absolute Gasteiger partial charge is 0.373 e. The number of nitrogens with two attached hydrogens (primary N) is 1. The third-order valence-corrected chi connectivity index (χ3v) is 1.52. The second-order valence-electron chi connectivity index (χ2n) is 2.52. The molecule has 1 atom stereocenters. The van der Waals surface area contributed by atoms with Crippen molar-refractivity contribution in [1.29, 1.82) is 0 Å². The summed E-state index contributed by atoms with van der Waals surface area (Å²) in [7, 11) is 0. The van der Waals surface area contributed by atoms with Crippen LogP contribution < -0.4 is 11.1 Å². The zero-order valence-electron chi connectivity index (χ0n) is 6.30. The minimum atomic E-state index is 0.0200. The van der Waals surface area contributed by atoms with Crippen molar-refractivity contribution >= 4 is 0 Å². The molecule has 1 unspecified atom stereocenters. The van der Waals surface area contributed by atoms with E-state index in [9.17, 15) is 0 Å². The van der Waals surface area contributed by atoms with Crippen molar-refractivity contribution in [1.82, 2.24) is 5.32 Å². The molecular formula is C8H14N2. The summed E-state index contributed by atoms with van der Waals surface area (Å²) < 4.78 is 0. The van der Waals surface area contributed by atoms with E-state index in [1.807, 2.05) is 6.20 Å². The first kappa shape index (κ1) is 7.35. The lowest BCUT2D eigenvalue weighted by atomic mass is 10.1. The fraction of sp³-hybridized carbons (Fsp3) is 0.500. The van der Waals surface area contributed by atoms with Gasteiger partial charge in [0.25, 0.3) is 0 Å². The van der Waals surface area contributed by atoms with Crippen LogP contribution in [-0.4, -0.2) is 6.17 Å². The quantitative estimate of drug-likeness (QED) is 0.600. The van der Waals surface area contributed by atoms with Crippen molar-refractivity contribution in [3.8, 4) is 0 Å². The SMILES string of the molecule is CCCC1=CC(N)NC=C1. The summed E-state index contributed by atoms with van der Waals surface area (Å²) in [5.74, 6) is 0. The number of nitrogens with one attached hydrogen (secondary N) is 1. The Morgan fingerprint density at radius 3 is 3.10 bits per heavy atom. The topological polar surface area (TPSA) is 38.0 Å². The molecule has 0 radical (unpaired) electrons. The molecule has 2 heteroatoms. The molecule has 1 aliphatic heterocycles. The van der Waals surface area contributed by atoms with E-state index >= 15 is 0 Å². The molecule has 56 valence electrons. The Morgan fingerprint density at radius 2 is 2.50 bits per heavy atom. The summed E-state index contributed by atoms with van der Waals surface area (Å²) in [5.41, 5.74) is 6.96. The first-order chi connectivity index (χ1) is 4.83. The van der Waals surface area contributed by atoms with Crippen LogP contribution in [0.15, 0.2) is 23.9 Å². The van der Waals surface area contributed by atoms with Gasteiger partial charge in [0.1, 0.15) is 0 Å². The van der Waals surface area contributed by atoms with Crippen LogP contribution in [0, 0.1) is 0 Å². The normalized spacial score (nSPS) is 23.8. The maximum absolute atomic E-state index is 5.62. The van der Waals surface area contributed by atoms with Crippen molar-refractivity contribution in [2.75, 3.05) is 0 Å². The van der Waals surface area contributed by atoms with E-state index in [2.05, 4.69) is 24.4 Å². The maximum atomic E-state index is 5.62. The molecule has 1 rings (SSSR count). The van der Waals surface area contributed by atoms with Gasteiger partial charge in [-0.25, -0.2) is 0 Å². The third kappa shape index (κ3) is 1.88. The third-order valence-electron chi connectivity index (χ3n) is 1.52. The van der Waals surface area contributed by atoms with Crippen LogP contribution in [0.1, 0.15) is 19.8 Å². The van der Waals surface area contributed by atoms with Gasteiger partial charge < -0.3 is 11.1 Å². The lowest BCUT2D eigenvalue weighted by molar-refractivity contribution is 0.711. The van der Waals surface area contributed by atoms with Crippen molar-refractivity contribution in [2.45, 2.75) is 25.9 Å². The van der Waals surface area contributed by atoms with Gasteiger partial charge in [-0.3, -0.25) is 0 Å². The minimum absolute atomic E-state index is 0.0200. The predicted molar refractivity (Wildman–Crippen MR) is 43.2 cm³/mol. The van der Waals surface area contributed by atoms with Crippen LogP contribution in [0.25, 0.3) is 0 Å². The maximum Gasteiger partial charge on any atom is 0.0936 e. The van der Waals surface area contributed by atoms with E-state index < -0.39 is 0 Å². The lowest BCUT2D eigenvalue weighted by Gasteiger charge is -2.13. The molecule has 0 saturated carbocycles. The van der Waals surface area contributed by atoms with Crippen molar-refractivity contribution < 1.29 is 0 Å². The fourth-order valence-corrected chi connectivity index (χ4v) is 1.06. The van der Waals surface area contributed by atoms with Gasteiger partial charge in [0.2, 0.25) is 0 Å². The monoisotopic (exact) mass is 138 g/mol. The molecule has 3 N–H and O–H groups in total. The highest BCUT2D eigenvalue weighted by Crippen LogP contribution is 2.08. The van der Waals surface area contributed by atoms with Crippen molar-refractivity contribution in [2.24, 2.45) is 5.73 Å². The first-order valence-corrected chi connectivity index (χ1v) is 3.72. The number of dihydropyridines is 1. The molecular weight excluding hydrogens is 124 g/mol. The van der Waals surface area contributed by atoms with Gasteiger partial charge in [-0.05, 0) is 30.3 Å². The van der Waals surface area contributed by atoms with Gasteiger partial charge in [0.05, 0.1) is 6.17 Å². The Morgan fingerprint density at radius 1 is 1.70 bits per heavy atom. The molecule has 0 aromatic carbocycles. The predicted octanol–water partition coefficient (Wildman–Crippen LogP) is 1.11. The van der Waals surface area contributed by atoms with E-state index in [0.29, 0.717) is 0 Å². The molecule has 0 aromatic rings. The molecule has 0 aromatic heterocycles. The highest BCUT2D eigenvalue weighted by Gasteiger charge is 2.00. The summed E-state index contributed by atoms with van der Waals surface area (Å²) in [6.07, 6.45) is 8.38. The van der Waals surface area contributed by atoms with E-state index in [0.717, 1.165) is 6.42 Å². The van der Waals surface area contributed by atoms with Gasteiger partial charge in [-0.1, -0.05) is 13.3 Å². The van der Waals surface area contributed by atoms with Crippen LogP contribution in [0.5, 0.6) is 0 Å². The van der Waals surface area contributed by atoms with E-state index in [1.165, 1.54) is 12.0 Å². The molecule has 0 aliphatic carbocycles. The molecule has 0 fully saturated rings. The highest BCUT2D eigenvalue weighted by atomic mass is 15.0. The van der Waals surface area contributed by atoms with E-state index in [-0.39, 0.29) is 6.17 Å². The molecule has 10 heavy (non-hydrogen) atoms. The molecule has 2 nitrogen and oxygen atoms in total. The summed E-state index contributed by atoms with van der Waals surface area (Å²) in [6, 6.07) is 0.